The summed E-state index contributed by atoms with van der Waals surface area (Å²) in [5, 5.41) is 17.8. The van der Waals surface area contributed by atoms with Crippen LogP contribution in [0.15, 0.2) is 63.9 Å². The second kappa shape index (κ2) is 6.37. The summed E-state index contributed by atoms with van der Waals surface area (Å²) in [4.78, 5) is 12.9. The molecule has 26 heavy (non-hydrogen) atoms. The van der Waals surface area contributed by atoms with Gasteiger partial charge in [-0.2, -0.15) is 11.3 Å². The van der Waals surface area contributed by atoms with Gasteiger partial charge in [0, 0.05) is 5.56 Å². The Morgan fingerprint density at radius 2 is 2.04 bits per heavy atom. The van der Waals surface area contributed by atoms with E-state index in [9.17, 15) is 14.3 Å². The molecular weight excluding hydrogens is 353 g/mol. The monoisotopic (exact) mass is 371 g/mol. The van der Waals surface area contributed by atoms with Gasteiger partial charge in [-0.3, -0.25) is 4.79 Å². The van der Waals surface area contributed by atoms with Crippen LogP contribution < -0.4 is 5.32 Å². The number of aliphatic hydroxyl groups is 1. The Kier molecular flexibility index (Phi) is 4.17. The summed E-state index contributed by atoms with van der Waals surface area (Å²) >= 11 is 1.46. The molecule has 1 aliphatic rings. The molecule has 4 nitrogen and oxygen atoms in total. The molecule has 1 aliphatic carbocycles. The van der Waals surface area contributed by atoms with E-state index in [-0.39, 0.29) is 18.3 Å². The maximum Gasteiger partial charge on any atom is 0.230 e. The third-order valence-corrected chi connectivity index (χ3v) is 5.70. The highest BCUT2D eigenvalue weighted by molar-refractivity contribution is 7.08. The van der Waals surface area contributed by atoms with Gasteiger partial charge >= 0.3 is 0 Å². The molecule has 2 aromatic heterocycles. The molecule has 4 rings (SSSR count). The van der Waals surface area contributed by atoms with E-state index in [4.69, 9.17) is 4.42 Å². The van der Waals surface area contributed by atoms with Crippen LogP contribution in [0.1, 0.15) is 29.7 Å². The number of carbonyl (C=O) groups excluding carboxylic acids is 1. The SMILES string of the molecule is O=C(NC[C@@](O)(c1ccsc1)c1ccco1)C1(c2ccc(F)cc2)CC1. The summed E-state index contributed by atoms with van der Waals surface area (Å²) in [7, 11) is 0. The van der Waals surface area contributed by atoms with Crippen molar-refractivity contribution < 1.29 is 18.7 Å². The highest BCUT2D eigenvalue weighted by atomic mass is 32.1. The fourth-order valence-corrected chi connectivity index (χ4v) is 3.99. The van der Waals surface area contributed by atoms with Crippen molar-refractivity contribution in [3.63, 3.8) is 0 Å². The topological polar surface area (TPSA) is 62.5 Å². The zero-order valence-corrected chi connectivity index (χ0v) is 14.8. The molecule has 134 valence electrons. The molecule has 1 amide bonds. The van der Waals surface area contributed by atoms with Gasteiger partial charge in [0.25, 0.3) is 0 Å². The smallest absolute Gasteiger partial charge is 0.230 e. The highest BCUT2D eigenvalue weighted by Crippen LogP contribution is 2.48. The summed E-state index contributed by atoms with van der Waals surface area (Å²) in [6, 6.07) is 11.2. The van der Waals surface area contributed by atoms with Gasteiger partial charge in [0.2, 0.25) is 5.91 Å². The van der Waals surface area contributed by atoms with Gasteiger partial charge in [0.15, 0.2) is 5.60 Å². The van der Waals surface area contributed by atoms with Crippen LogP contribution in [0.3, 0.4) is 0 Å². The minimum atomic E-state index is -1.43. The lowest BCUT2D eigenvalue weighted by atomic mass is 9.91. The Hall–Kier alpha value is -2.44. The molecule has 2 heterocycles. The lowest BCUT2D eigenvalue weighted by Crippen LogP contribution is -2.44. The van der Waals surface area contributed by atoms with E-state index in [0.717, 1.165) is 5.56 Å². The van der Waals surface area contributed by atoms with Gasteiger partial charge < -0.3 is 14.8 Å². The van der Waals surface area contributed by atoms with Crippen LogP contribution in [0.2, 0.25) is 0 Å². The number of amides is 1. The van der Waals surface area contributed by atoms with Crippen molar-refractivity contribution in [2.24, 2.45) is 0 Å². The van der Waals surface area contributed by atoms with Crippen molar-refractivity contribution in [1.29, 1.82) is 0 Å². The summed E-state index contributed by atoms with van der Waals surface area (Å²) < 4.78 is 18.6. The maximum absolute atomic E-state index is 13.2. The largest absolute Gasteiger partial charge is 0.466 e. The van der Waals surface area contributed by atoms with E-state index in [1.807, 2.05) is 16.8 Å². The first-order valence-corrected chi connectivity index (χ1v) is 9.32. The van der Waals surface area contributed by atoms with Gasteiger partial charge in [-0.25, -0.2) is 4.39 Å². The number of rotatable bonds is 6. The average Bonchev–Trinajstić information content (AvgIpc) is 3.08. The van der Waals surface area contributed by atoms with Crippen molar-refractivity contribution in [2.75, 3.05) is 6.54 Å². The third-order valence-electron chi connectivity index (χ3n) is 5.01. The van der Waals surface area contributed by atoms with E-state index in [0.29, 0.717) is 24.2 Å². The first-order valence-electron chi connectivity index (χ1n) is 8.38. The van der Waals surface area contributed by atoms with E-state index in [1.54, 1.807) is 24.3 Å². The van der Waals surface area contributed by atoms with E-state index in [2.05, 4.69) is 5.32 Å². The van der Waals surface area contributed by atoms with Gasteiger partial charge in [-0.1, -0.05) is 12.1 Å². The predicted molar refractivity (Wildman–Crippen MR) is 96.3 cm³/mol. The quantitative estimate of drug-likeness (QED) is 0.696. The van der Waals surface area contributed by atoms with Crippen LogP contribution in [-0.4, -0.2) is 17.6 Å². The molecule has 2 N–H and O–H groups in total. The molecule has 0 aliphatic heterocycles. The van der Waals surface area contributed by atoms with Gasteiger partial charge in [0.05, 0.1) is 18.2 Å². The van der Waals surface area contributed by atoms with Gasteiger partial charge in [-0.05, 0) is 59.5 Å². The van der Waals surface area contributed by atoms with Gasteiger partial charge in [-0.15, -0.1) is 0 Å². The Morgan fingerprint density at radius 1 is 1.27 bits per heavy atom. The Bertz CT molecular complexity index is 850. The van der Waals surface area contributed by atoms with Crippen LogP contribution in [0.5, 0.6) is 0 Å². The zero-order valence-electron chi connectivity index (χ0n) is 13.9. The average molecular weight is 371 g/mol. The lowest BCUT2D eigenvalue weighted by Gasteiger charge is -2.27. The van der Waals surface area contributed by atoms with Crippen LogP contribution in [0.4, 0.5) is 4.39 Å². The number of furan rings is 1. The highest BCUT2D eigenvalue weighted by Gasteiger charge is 2.51. The summed E-state index contributed by atoms with van der Waals surface area (Å²) in [5.74, 6) is -0.109. The van der Waals surface area contributed by atoms with Gasteiger partial charge in [0.1, 0.15) is 11.6 Å². The van der Waals surface area contributed by atoms with Crippen LogP contribution >= 0.6 is 11.3 Å². The van der Waals surface area contributed by atoms with Crippen molar-refractivity contribution >= 4 is 17.2 Å². The first-order chi connectivity index (χ1) is 12.5. The molecule has 0 radical (unpaired) electrons. The molecule has 1 aromatic carbocycles. The summed E-state index contributed by atoms with van der Waals surface area (Å²) in [6.07, 6.45) is 2.92. The molecule has 1 saturated carbocycles. The molecule has 0 saturated heterocycles. The molecule has 6 heteroatoms. The first kappa shape index (κ1) is 17.0. The second-order valence-electron chi connectivity index (χ2n) is 6.62. The fraction of sp³-hybridized carbons (Fsp3) is 0.250. The van der Waals surface area contributed by atoms with Crippen LogP contribution in [0, 0.1) is 5.82 Å². The van der Waals surface area contributed by atoms with Crippen molar-refractivity contribution in [3.8, 4) is 0 Å². The minimum absolute atomic E-state index is 0.000968. The molecule has 0 unspecified atom stereocenters. The van der Waals surface area contributed by atoms with Crippen molar-refractivity contribution in [3.05, 3.63) is 82.2 Å². The zero-order chi connectivity index (χ0) is 18.2. The van der Waals surface area contributed by atoms with E-state index < -0.39 is 11.0 Å². The molecule has 3 aromatic rings. The predicted octanol–water partition coefficient (Wildman–Crippen LogP) is 3.56. The number of hydrogen-bond acceptors (Lipinski definition) is 4. The number of carbonyl (C=O) groups is 1. The number of halogens is 1. The Labute approximate surface area is 154 Å². The number of thiophene rings is 1. The molecule has 1 fully saturated rings. The number of benzene rings is 1. The summed E-state index contributed by atoms with van der Waals surface area (Å²) in [5.41, 5.74) is -0.595. The lowest BCUT2D eigenvalue weighted by molar-refractivity contribution is -0.124. The number of nitrogens with one attached hydrogen (secondary N) is 1. The molecule has 1 atom stereocenters. The molecule has 0 spiro atoms. The fourth-order valence-electron chi connectivity index (χ4n) is 3.26. The minimum Gasteiger partial charge on any atom is -0.466 e. The summed E-state index contributed by atoms with van der Waals surface area (Å²) in [6.45, 7) is -0.000968. The molecular formula is C20H18FNO3S. The molecule has 0 bridgehead atoms. The normalized spacial score (nSPS) is 17.5. The van der Waals surface area contributed by atoms with Crippen molar-refractivity contribution in [2.45, 2.75) is 23.9 Å². The van der Waals surface area contributed by atoms with Crippen LogP contribution in [0.25, 0.3) is 0 Å². The maximum atomic E-state index is 13.2. The third kappa shape index (κ3) is 2.85. The number of hydrogen-bond donors (Lipinski definition) is 2. The Balaban J connectivity index is 1.55. The Morgan fingerprint density at radius 3 is 2.62 bits per heavy atom. The van der Waals surface area contributed by atoms with E-state index in [1.165, 1.54) is 29.7 Å². The van der Waals surface area contributed by atoms with Crippen LogP contribution in [-0.2, 0) is 15.8 Å². The van der Waals surface area contributed by atoms with Crippen molar-refractivity contribution in [1.82, 2.24) is 5.32 Å². The van der Waals surface area contributed by atoms with E-state index >= 15 is 0 Å². The standard InChI is InChI=1S/C20H18FNO3S/c21-16-5-3-14(4-6-16)19(8-9-19)18(23)22-13-20(24,15-7-11-26-12-15)17-2-1-10-25-17/h1-7,10-12,24H,8-9,13H2,(H,22,23)/t20-/m1/s1. The second-order valence-corrected chi connectivity index (χ2v) is 7.40.